The molecule has 0 bridgehead atoms. The van der Waals surface area contributed by atoms with Gasteiger partial charge in [-0.2, -0.15) is 13.2 Å². The standard InChI is InChI=1S/C16H21ClF3N3O/c17-13-5-14(16(18,19)20)15(21-6-13)23-8-11(12(9-23)10-24)7-22-3-1-2-4-22/h5-6,11-12,24H,1-4,7-10H2/t11-,12-/m0/s1. The number of hydrogen-bond acceptors (Lipinski definition) is 4. The van der Waals surface area contributed by atoms with Crippen LogP contribution in [0.1, 0.15) is 18.4 Å². The van der Waals surface area contributed by atoms with Crippen LogP contribution in [0.3, 0.4) is 0 Å². The van der Waals surface area contributed by atoms with Crippen LogP contribution in [0.2, 0.25) is 5.02 Å². The zero-order valence-electron chi connectivity index (χ0n) is 13.3. The highest BCUT2D eigenvalue weighted by molar-refractivity contribution is 6.30. The lowest BCUT2D eigenvalue weighted by atomic mass is 9.96. The van der Waals surface area contributed by atoms with Crippen molar-refractivity contribution in [3.8, 4) is 0 Å². The van der Waals surface area contributed by atoms with Gasteiger partial charge in [-0.1, -0.05) is 11.6 Å². The van der Waals surface area contributed by atoms with Crippen LogP contribution in [-0.2, 0) is 6.18 Å². The predicted octanol–water partition coefficient (Wildman–Crippen LogP) is 2.89. The molecular weight excluding hydrogens is 343 g/mol. The molecule has 2 fully saturated rings. The molecule has 0 aliphatic carbocycles. The first-order chi connectivity index (χ1) is 11.4. The van der Waals surface area contributed by atoms with Crippen molar-refractivity contribution in [2.45, 2.75) is 19.0 Å². The summed E-state index contributed by atoms with van der Waals surface area (Å²) in [7, 11) is 0. The Morgan fingerprint density at radius 3 is 2.50 bits per heavy atom. The number of rotatable bonds is 4. The first-order valence-electron chi connectivity index (χ1n) is 8.19. The van der Waals surface area contributed by atoms with E-state index in [1.165, 1.54) is 6.20 Å². The van der Waals surface area contributed by atoms with Crippen molar-refractivity contribution in [1.29, 1.82) is 0 Å². The Kier molecular flexibility index (Phi) is 5.22. The van der Waals surface area contributed by atoms with Gasteiger partial charge in [-0.25, -0.2) is 4.98 Å². The molecule has 0 aromatic carbocycles. The van der Waals surface area contributed by atoms with Gasteiger partial charge in [-0.05, 0) is 37.9 Å². The zero-order chi connectivity index (χ0) is 17.3. The number of alkyl halides is 3. The number of nitrogens with zero attached hydrogens (tertiary/aromatic N) is 3. The molecule has 1 N–H and O–H groups in total. The number of hydrogen-bond donors (Lipinski definition) is 1. The third-order valence-electron chi connectivity index (χ3n) is 4.94. The van der Waals surface area contributed by atoms with Crippen LogP contribution in [0.4, 0.5) is 19.0 Å². The Morgan fingerprint density at radius 1 is 1.21 bits per heavy atom. The van der Waals surface area contributed by atoms with Gasteiger partial charge in [0.1, 0.15) is 5.82 Å². The maximum Gasteiger partial charge on any atom is 0.420 e. The third-order valence-corrected chi connectivity index (χ3v) is 5.15. The quantitative estimate of drug-likeness (QED) is 0.893. The maximum absolute atomic E-state index is 13.3. The molecule has 0 amide bonds. The van der Waals surface area contributed by atoms with Gasteiger partial charge >= 0.3 is 6.18 Å². The highest BCUT2D eigenvalue weighted by Gasteiger charge is 2.40. The van der Waals surface area contributed by atoms with Crippen LogP contribution in [0.25, 0.3) is 0 Å². The Morgan fingerprint density at radius 2 is 1.88 bits per heavy atom. The number of aromatic nitrogens is 1. The molecule has 2 aliphatic heterocycles. The highest BCUT2D eigenvalue weighted by atomic mass is 35.5. The van der Waals surface area contributed by atoms with Gasteiger partial charge in [-0.3, -0.25) is 0 Å². The second kappa shape index (κ2) is 7.06. The lowest BCUT2D eigenvalue weighted by Gasteiger charge is -2.24. The van der Waals surface area contributed by atoms with E-state index >= 15 is 0 Å². The minimum absolute atomic E-state index is 0.0239. The van der Waals surface area contributed by atoms with Crippen LogP contribution in [0.15, 0.2) is 12.3 Å². The molecule has 2 aliphatic rings. The number of aliphatic hydroxyl groups is 1. The average Bonchev–Trinajstić information content (AvgIpc) is 3.16. The van der Waals surface area contributed by atoms with Crippen molar-refractivity contribution < 1.29 is 18.3 Å². The molecule has 2 atom stereocenters. The molecular formula is C16H21ClF3N3O. The van der Waals surface area contributed by atoms with Crippen molar-refractivity contribution in [3.63, 3.8) is 0 Å². The molecule has 0 radical (unpaired) electrons. The van der Waals surface area contributed by atoms with E-state index in [4.69, 9.17) is 11.6 Å². The van der Waals surface area contributed by atoms with E-state index in [1.807, 2.05) is 0 Å². The molecule has 3 heterocycles. The number of pyridine rings is 1. The van der Waals surface area contributed by atoms with E-state index in [2.05, 4.69) is 9.88 Å². The summed E-state index contributed by atoms with van der Waals surface area (Å²) in [5, 5.41) is 9.61. The van der Waals surface area contributed by atoms with Crippen molar-refractivity contribution in [1.82, 2.24) is 9.88 Å². The second-order valence-corrected chi connectivity index (χ2v) is 7.07. The van der Waals surface area contributed by atoms with Gasteiger partial charge in [0.25, 0.3) is 0 Å². The van der Waals surface area contributed by atoms with Gasteiger partial charge in [0, 0.05) is 38.4 Å². The molecule has 3 rings (SSSR count). The summed E-state index contributed by atoms with van der Waals surface area (Å²) < 4.78 is 39.9. The van der Waals surface area contributed by atoms with Gasteiger partial charge in [0.2, 0.25) is 0 Å². The van der Waals surface area contributed by atoms with Gasteiger partial charge in [0.05, 0.1) is 10.6 Å². The Bertz CT molecular complexity index is 578. The van der Waals surface area contributed by atoms with E-state index in [1.54, 1.807) is 4.90 Å². The predicted molar refractivity (Wildman–Crippen MR) is 86.2 cm³/mol. The van der Waals surface area contributed by atoms with E-state index in [9.17, 15) is 18.3 Å². The summed E-state index contributed by atoms with van der Waals surface area (Å²) in [5.74, 6) is 0.0186. The van der Waals surface area contributed by atoms with Crippen LogP contribution in [-0.4, -0.2) is 54.3 Å². The van der Waals surface area contributed by atoms with E-state index in [0.717, 1.165) is 38.5 Å². The van der Waals surface area contributed by atoms with Crippen molar-refractivity contribution in [2.75, 3.05) is 44.2 Å². The van der Waals surface area contributed by atoms with E-state index in [0.29, 0.717) is 13.1 Å². The number of anilines is 1. The summed E-state index contributed by atoms with van der Waals surface area (Å²) in [4.78, 5) is 7.91. The Balaban J connectivity index is 1.80. The largest absolute Gasteiger partial charge is 0.420 e. The van der Waals surface area contributed by atoms with Crippen LogP contribution in [0.5, 0.6) is 0 Å². The fraction of sp³-hybridized carbons (Fsp3) is 0.688. The summed E-state index contributed by atoms with van der Waals surface area (Å²) in [6, 6.07) is 0.922. The molecule has 0 unspecified atom stereocenters. The third kappa shape index (κ3) is 3.78. The molecule has 4 nitrogen and oxygen atoms in total. The normalized spacial score (nSPS) is 25.6. The van der Waals surface area contributed by atoms with Crippen molar-refractivity contribution >= 4 is 17.4 Å². The highest BCUT2D eigenvalue weighted by Crippen LogP contribution is 2.39. The SMILES string of the molecule is OC[C@@H]1CN(c2ncc(Cl)cc2C(F)(F)F)C[C@@H]1CN1CCCC1. The second-order valence-electron chi connectivity index (χ2n) is 6.64. The first-order valence-corrected chi connectivity index (χ1v) is 8.57. The van der Waals surface area contributed by atoms with Gasteiger partial charge in [0.15, 0.2) is 0 Å². The molecule has 1 aromatic heterocycles. The number of aliphatic hydroxyl groups excluding tert-OH is 1. The lowest BCUT2D eigenvalue weighted by molar-refractivity contribution is -0.137. The maximum atomic E-state index is 13.3. The minimum atomic E-state index is -4.50. The molecule has 0 spiro atoms. The molecule has 134 valence electrons. The monoisotopic (exact) mass is 363 g/mol. The number of likely N-dealkylation sites (tertiary alicyclic amines) is 1. The van der Waals surface area contributed by atoms with E-state index in [-0.39, 0.29) is 29.3 Å². The number of halogens is 4. The summed E-state index contributed by atoms with van der Waals surface area (Å²) in [5.41, 5.74) is -0.812. The molecule has 2 saturated heterocycles. The average molecular weight is 364 g/mol. The van der Waals surface area contributed by atoms with Gasteiger partial charge in [-0.15, -0.1) is 0 Å². The Labute approximate surface area is 144 Å². The topological polar surface area (TPSA) is 39.6 Å². The Hall–Kier alpha value is -1.05. The molecule has 0 saturated carbocycles. The molecule has 24 heavy (non-hydrogen) atoms. The molecule has 8 heteroatoms. The van der Waals surface area contributed by atoms with Crippen molar-refractivity contribution in [3.05, 3.63) is 22.8 Å². The van der Waals surface area contributed by atoms with Crippen LogP contribution < -0.4 is 4.90 Å². The van der Waals surface area contributed by atoms with Crippen molar-refractivity contribution in [2.24, 2.45) is 11.8 Å². The van der Waals surface area contributed by atoms with Crippen LogP contribution >= 0.6 is 11.6 Å². The first kappa shape index (κ1) is 17.8. The molecule has 1 aromatic rings. The minimum Gasteiger partial charge on any atom is -0.396 e. The summed E-state index contributed by atoms with van der Waals surface area (Å²) in [6.07, 6.45) is -0.933. The smallest absolute Gasteiger partial charge is 0.396 e. The van der Waals surface area contributed by atoms with Crippen LogP contribution in [0, 0.1) is 11.8 Å². The lowest BCUT2D eigenvalue weighted by Crippen LogP contribution is -2.32. The van der Waals surface area contributed by atoms with Gasteiger partial charge < -0.3 is 14.9 Å². The fourth-order valence-corrected chi connectivity index (χ4v) is 3.87. The van der Waals surface area contributed by atoms with E-state index < -0.39 is 11.7 Å². The zero-order valence-corrected chi connectivity index (χ0v) is 14.0. The summed E-state index contributed by atoms with van der Waals surface area (Å²) in [6.45, 7) is 3.70. The fourth-order valence-electron chi connectivity index (χ4n) is 3.71. The summed E-state index contributed by atoms with van der Waals surface area (Å²) >= 11 is 5.70.